The summed E-state index contributed by atoms with van der Waals surface area (Å²) < 4.78 is 26.6. The van der Waals surface area contributed by atoms with Crippen molar-refractivity contribution in [1.82, 2.24) is 14.9 Å². The molecule has 7 nitrogen and oxygen atoms in total. The number of hydrogen-bond acceptors (Lipinski definition) is 5. The number of H-pyrrole nitrogens is 1. The maximum atomic E-state index is 11.9. The molecule has 0 saturated carbocycles. The Hall–Kier alpha value is -1.57. The lowest BCUT2D eigenvalue weighted by Crippen LogP contribution is -2.43. The number of amides is 1. The summed E-state index contributed by atoms with van der Waals surface area (Å²) in [5, 5.41) is 0. The molecule has 0 radical (unpaired) electrons. The Morgan fingerprint density at radius 1 is 1.58 bits per heavy atom. The van der Waals surface area contributed by atoms with E-state index in [4.69, 9.17) is 0 Å². The van der Waals surface area contributed by atoms with Gasteiger partial charge >= 0.3 is 16.2 Å². The zero-order valence-electron chi connectivity index (χ0n) is 11.1. The Balaban J connectivity index is 2.29. The molecule has 0 spiro atoms. The Morgan fingerprint density at radius 2 is 2.26 bits per heavy atom. The largest absolute Gasteiger partial charge is 0.426 e. The number of carbonyl (C=O) groups excluding carboxylic acids is 1. The fourth-order valence-electron chi connectivity index (χ4n) is 2.36. The first-order valence-corrected chi connectivity index (χ1v) is 7.83. The summed E-state index contributed by atoms with van der Waals surface area (Å²) in [5.41, 5.74) is 1.77. The Labute approximate surface area is 112 Å². The Morgan fingerprint density at radius 3 is 2.84 bits per heavy atom. The predicted octanol–water partition coefficient (Wildman–Crippen LogP) is 1.06. The van der Waals surface area contributed by atoms with Crippen molar-refractivity contribution in [2.75, 3.05) is 12.8 Å². The lowest BCUT2D eigenvalue weighted by molar-refractivity contribution is 0.111. The van der Waals surface area contributed by atoms with Gasteiger partial charge in [-0.1, -0.05) is 13.8 Å². The summed E-state index contributed by atoms with van der Waals surface area (Å²) in [6.07, 6.45) is 2.22. The second-order valence-electron chi connectivity index (χ2n) is 4.95. The number of nitrogens with one attached hydrogen (secondary N) is 1. The Bertz CT molecular complexity index is 579. The summed E-state index contributed by atoms with van der Waals surface area (Å²) in [6.45, 7) is 4.32. The lowest BCUT2D eigenvalue weighted by Gasteiger charge is -2.36. The summed E-state index contributed by atoms with van der Waals surface area (Å²) in [4.78, 5) is 20.6. The molecule has 1 aromatic rings. The molecule has 1 aliphatic heterocycles. The van der Waals surface area contributed by atoms with E-state index in [9.17, 15) is 13.2 Å². The van der Waals surface area contributed by atoms with Crippen LogP contribution in [0.2, 0.25) is 0 Å². The van der Waals surface area contributed by atoms with Gasteiger partial charge in [-0.3, -0.25) is 4.90 Å². The molecule has 8 heteroatoms. The molecule has 2 heterocycles. The van der Waals surface area contributed by atoms with Crippen LogP contribution in [0, 0.1) is 5.92 Å². The van der Waals surface area contributed by atoms with Crippen molar-refractivity contribution in [3.8, 4) is 0 Å². The third kappa shape index (κ3) is 2.89. The fraction of sp³-hybridized carbons (Fsp3) is 0.636. The van der Waals surface area contributed by atoms with Crippen molar-refractivity contribution in [2.45, 2.75) is 26.3 Å². The van der Waals surface area contributed by atoms with Gasteiger partial charge in [-0.05, 0) is 5.92 Å². The minimum atomic E-state index is -3.81. The molecule has 0 aliphatic carbocycles. The van der Waals surface area contributed by atoms with E-state index in [0.29, 0.717) is 13.0 Å². The summed E-state index contributed by atoms with van der Waals surface area (Å²) in [5.74, 6) is 0.106. The number of fused-ring (bicyclic) bond motifs is 1. The van der Waals surface area contributed by atoms with Gasteiger partial charge in [-0.25, -0.2) is 9.78 Å². The van der Waals surface area contributed by atoms with Crippen LogP contribution in [-0.4, -0.2) is 42.2 Å². The second kappa shape index (κ2) is 4.84. The van der Waals surface area contributed by atoms with Crippen molar-refractivity contribution < 1.29 is 17.4 Å². The summed E-state index contributed by atoms with van der Waals surface area (Å²) >= 11 is 0. The van der Waals surface area contributed by atoms with E-state index in [0.717, 1.165) is 17.6 Å². The van der Waals surface area contributed by atoms with E-state index in [1.54, 1.807) is 6.33 Å². The molecule has 0 fully saturated rings. The molecule has 0 saturated heterocycles. The number of rotatable bonds is 2. The average Bonchev–Trinajstić information content (AvgIpc) is 2.72. The zero-order valence-corrected chi connectivity index (χ0v) is 11.9. The summed E-state index contributed by atoms with van der Waals surface area (Å²) in [6, 6.07) is -0.274. The van der Waals surface area contributed by atoms with Gasteiger partial charge in [-0.2, -0.15) is 8.42 Å². The van der Waals surface area contributed by atoms with Crippen LogP contribution in [-0.2, 0) is 20.7 Å². The van der Waals surface area contributed by atoms with Crippen LogP contribution in [0.25, 0.3) is 0 Å². The molecule has 1 aromatic heterocycles. The van der Waals surface area contributed by atoms with Crippen molar-refractivity contribution in [3.05, 3.63) is 17.7 Å². The minimum Gasteiger partial charge on any atom is -0.348 e. The maximum absolute atomic E-state index is 11.9. The highest BCUT2D eigenvalue weighted by molar-refractivity contribution is 7.86. The molecule has 2 rings (SSSR count). The number of aromatic nitrogens is 2. The highest BCUT2D eigenvalue weighted by atomic mass is 32.2. The minimum absolute atomic E-state index is 0.106. The molecule has 1 aliphatic rings. The highest BCUT2D eigenvalue weighted by Gasteiger charge is 2.36. The van der Waals surface area contributed by atoms with E-state index in [2.05, 4.69) is 14.2 Å². The third-order valence-corrected chi connectivity index (χ3v) is 3.50. The van der Waals surface area contributed by atoms with Gasteiger partial charge in [0, 0.05) is 18.7 Å². The quantitative estimate of drug-likeness (QED) is 0.821. The van der Waals surface area contributed by atoms with E-state index >= 15 is 0 Å². The van der Waals surface area contributed by atoms with Crippen molar-refractivity contribution in [2.24, 2.45) is 5.92 Å². The SMILES string of the molecule is CC(C)[C@H]1c2nc[nH]c2CCN1C(=O)OS(C)(=O)=O. The standard InChI is InChI=1S/C11H17N3O4S/c1-7(2)10-9-8(12-6-13-9)4-5-14(10)11(15)18-19(3,16)17/h6-7,10H,4-5H2,1-3H3,(H,12,13)/t10-/m0/s1. The maximum Gasteiger partial charge on any atom is 0.426 e. The summed E-state index contributed by atoms with van der Waals surface area (Å²) in [7, 11) is -3.81. The first kappa shape index (κ1) is 13.9. The second-order valence-corrected chi connectivity index (χ2v) is 6.53. The first-order valence-electron chi connectivity index (χ1n) is 6.02. The predicted molar refractivity (Wildman–Crippen MR) is 67.9 cm³/mol. The average molecular weight is 287 g/mol. The van der Waals surface area contributed by atoms with E-state index in [1.807, 2.05) is 13.8 Å². The zero-order chi connectivity index (χ0) is 14.2. The molecular weight excluding hydrogens is 270 g/mol. The monoisotopic (exact) mass is 287 g/mol. The van der Waals surface area contributed by atoms with Crippen LogP contribution in [0.4, 0.5) is 4.79 Å². The highest BCUT2D eigenvalue weighted by Crippen LogP contribution is 2.33. The van der Waals surface area contributed by atoms with Crippen LogP contribution < -0.4 is 0 Å². The van der Waals surface area contributed by atoms with Crippen molar-refractivity contribution in [1.29, 1.82) is 0 Å². The van der Waals surface area contributed by atoms with Gasteiger partial charge in [0.15, 0.2) is 0 Å². The van der Waals surface area contributed by atoms with Gasteiger partial charge in [0.25, 0.3) is 0 Å². The van der Waals surface area contributed by atoms with Crippen molar-refractivity contribution in [3.63, 3.8) is 0 Å². The fourth-order valence-corrected chi connectivity index (χ4v) is 2.72. The molecule has 0 aromatic carbocycles. The first-order chi connectivity index (χ1) is 8.79. The van der Waals surface area contributed by atoms with Crippen LogP contribution in [0.3, 0.4) is 0 Å². The topological polar surface area (TPSA) is 92.4 Å². The van der Waals surface area contributed by atoms with Gasteiger partial charge in [0.2, 0.25) is 0 Å². The van der Waals surface area contributed by atoms with E-state index < -0.39 is 16.2 Å². The molecule has 106 valence electrons. The van der Waals surface area contributed by atoms with Crippen LogP contribution in [0.1, 0.15) is 31.3 Å². The lowest BCUT2D eigenvalue weighted by atomic mass is 9.94. The van der Waals surface area contributed by atoms with Gasteiger partial charge < -0.3 is 9.17 Å². The Kier molecular flexibility index (Phi) is 3.53. The van der Waals surface area contributed by atoms with Crippen LogP contribution in [0.5, 0.6) is 0 Å². The number of nitrogens with zero attached hydrogens (tertiary/aromatic N) is 2. The van der Waals surface area contributed by atoms with E-state index in [1.165, 1.54) is 4.90 Å². The molecule has 1 N–H and O–H groups in total. The smallest absolute Gasteiger partial charge is 0.348 e. The normalized spacial score (nSPS) is 19.4. The molecular formula is C11H17N3O4S. The molecule has 0 unspecified atom stereocenters. The molecule has 1 atom stereocenters. The number of imidazole rings is 1. The van der Waals surface area contributed by atoms with Crippen LogP contribution in [0.15, 0.2) is 6.33 Å². The molecule has 0 bridgehead atoms. The van der Waals surface area contributed by atoms with Crippen LogP contribution >= 0.6 is 0 Å². The number of hydrogen-bond donors (Lipinski definition) is 1. The number of aromatic amines is 1. The van der Waals surface area contributed by atoms with Crippen molar-refractivity contribution >= 4 is 16.2 Å². The van der Waals surface area contributed by atoms with Gasteiger partial charge in [-0.15, -0.1) is 0 Å². The van der Waals surface area contributed by atoms with Gasteiger partial charge in [0.05, 0.1) is 24.3 Å². The third-order valence-electron chi connectivity index (χ3n) is 3.06. The van der Waals surface area contributed by atoms with Gasteiger partial charge in [0.1, 0.15) is 0 Å². The molecule has 19 heavy (non-hydrogen) atoms. The number of carbonyl (C=O) groups is 1. The van der Waals surface area contributed by atoms with E-state index in [-0.39, 0.29) is 12.0 Å². The molecule has 1 amide bonds.